The third kappa shape index (κ3) is 7.97. The molecular weight excluding hydrogens is 562 g/mol. The van der Waals surface area contributed by atoms with E-state index < -0.39 is 6.04 Å². The van der Waals surface area contributed by atoms with Crippen LogP contribution in [-0.4, -0.2) is 83.8 Å². The highest BCUT2D eigenvalue weighted by Gasteiger charge is 2.32. The van der Waals surface area contributed by atoms with Crippen molar-refractivity contribution in [3.05, 3.63) is 64.7 Å². The predicted octanol–water partition coefficient (Wildman–Crippen LogP) is 4.37. The van der Waals surface area contributed by atoms with Gasteiger partial charge in [0.1, 0.15) is 6.04 Å². The Morgan fingerprint density at radius 1 is 1.00 bits per heavy atom. The zero-order valence-electron chi connectivity index (χ0n) is 27.2. The third-order valence-electron chi connectivity index (χ3n) is 9.88. The number of carbonyl (C=O) groups is 2. The number of anilines is 1. The topological polar surface area (TPSA) is 104 Å². The van der Waals surface area contributed by atoms with E-state index in [0.29, 0.717) is 37.9 Å². The number of nitriles is 1. The van der Waals surface area contributed by atoms with Gasteiger partial charge in [-0.15, -0.1) is 0 Å². The Kier molecular flexibility index (Phi) is 11.0. The van der Waals surface area contributed by atoms with Crippen molar-refractivity contribution in [2.24, 2.45) is 10.9 Å². The Morgan fingerprint density at radius 2 is 1.71 bits per heavy atom. The summed E-state index contributed by atoms with van der Waals surface area (Å²) in [6.07, 6.45) is 8.87. The number of nitrogens with one attached hydrogen (secondary N) is 2. The van der Waals surface area contributed by atoms with Crippen molar-refractivity contribution in [1.29, 1.82) is 5.26 Å². The van der Waals surface area contributed by atoms with Gasteiger partial charge in [-0.3, -0.25) is 14.9 Å². The van der Waals surface area contributed by atoms with Crippen LogP contribution in [0.1, 0.15) is 68.7 Å². The molecule has 2 N–H and O–H groups in total. The summed E-state index contributed by atoms with van der Waals surface area (Å²) in [5.41, 5.74) is 6.02. The maximum atomic E-state index is 14.0. The first-order valence-corrected chi connectivity index (χ1v) is 16.9. The van der Waals surface area contributed by atoms with E-state index in [4.69, 9.17) is 4.99 Å². The summed E-state index contributed by atoms with van der Waals surface area (Å²) in [5.74, 6) is 1.22. The molecule has 3 heterocycles. The van der Waals surface area contributed by atoms with Crippen LogP contribution in [0.2, 0.25) is 0 Å². The molecule has 2 amide bonds. The monoisotopic (exact) mass is 611 g/mol. The summed E-state index contributed by atoms with van der Waals surface area (Å²) in [4.78, 5) is 38.3. The molecule has 0 saturated carbocycles. The van der Waals surface area contributed by atoms with Crippen LogP contribution in [0.3, 0.4) is 0 Å². The number of para-hydroxylation sites is 1. The van der Waals surface area contributed by atoms with Crippen LogP contribution in [0.15, 0.2) is 47.5 Å². The van der Waals surface area contributed by atoms with Crippen LogP contribution in [-0.2, 0) is 35.3 Å². The summed E-state index contributed by atoms with van der Waals surface area (Å²) >= 11 is 0. The van der Waals surface area contributed by atoms with Crippen molar-refractivity contribution in [3.63, 3.8) is 0 Å². The van der Waals surface area contributed by atoms with Crippen LogP contribution in [0, 0.1) is 17.4 Å². The maximum absolute atomic E-state index is 14.0. The Hall–Kier alpha value is -4.06. The average molecular weight is 612 g/mol. The summed E-state index contributed by atoms with van der Waals surface area (Å²) in [6.45, 7) is 10.4. The molecule has 3 aliphatic rings. The Balaban J connectivity index is 1.32. The number of likely N-dealkylation sites (tertiary alicyclic amines) is 2. The van der Waals surface area contributed by atoms with Gasteiger partial charge in [0, 0.05) is 50.9 Å². The van der Waals surface area contributed by atoms with E-state index in [1.807, 2.05) is 28.0 Å². The number of rotatable bonds is 7. The second kappa shape index (κ2) is 15.3. The Bertz CT molecular complexity index is 1400. The maximum Gasteiger partial charge on any atom is 0.247 e. The molecule has 2 saturated heterocycles. The average Bonchev–Trinajstić information content (AvgIpc) is 3.06. The first-order valence-electron chi connectivity index (χ1n) is 16.9. The van der Waals surface area contributed by atoms with E-state index >= 15 is 0 Å². The van der Waals surface area contributed by atoms with Crippen molar-refractivity contribution in [3.8, 4) is 6.19 Å². The number of aliphatic imine (C=N–C) groups is 1. The molecule has 0 spiro atoms. The SMILES string of the molecule is CCc1ccc(C[C@@H](N=C(NC#N)N2CCC(N3CCc4ccccc4NCC3=O)CC2)C(=O)N2CCC(C)CC2)cc1CC. The van der Waals surface area contributed by atoms with Gasteiger partial charge in [0.15, 0.2) is 6.19 Å². The fourth-order valence-electron chi connectivity index (χ4n) is 7.05. The van der Waals surface area contributed by atoms with Crippen LogP contribution in [0.5, 0.6) is 0 Å². The molecule has 0 aliphatic carbocycles. The highest BCUT2D eigenvalue weighted by Crippen LogP contribution is 2.24. The fourth-order valence-corrected chi connectivity index (χ4v) is 7.05. The molecular formula is C36H49N7O2. The first-order chi connectivity index (χ1) is 21.9. The molecule has 2 fully saturated rings. The van der Waals surface area contributed by atoms with E-state index in [1.54, 1.807) is 0 Å². The lowest BCUT2D eigenvalue weighted by Gasteiger charge is -2.40. The molecule has 0 radical (unpaired) electrons. The minimum Gasteiger partial charge on any atom is -0.376 e. The minimum absolute atomic E-state index is 0.0330. The van der Waals surface area contributed by atoms with Gasteiger partial charge in [0.2, 0.25) is 17.8 Å². The van der Waals surface area contributed by atoms with Crippen molar-refractivity contribution in [2.75, 3.05) is 44.6 Å². The molecule has 240 valence electrons. The lowest BCUT2D eigenvalue weighted by atomic mass is 9.95. The number of hydrogen-bond donors (Lipinski definition) is 2. The normalized spacial score (nSPS) is 19.2. The van der Waals surface area contributed by atoms with E-state index in [1.165, 1.54) is 16.7 Å². The lowest BCUT2D eigenvalue weighted by molar-refractivity contribution is -0.134. The molecule has 5 rings (SSSR count). The summed E-state index contributed by atoms with van der Waals surface area (Å²) in [6, 6.07) is 14.2. The number of aryl methyl sites for hydroxylation is 2. The van der Waals surface area contributed by atoms with Gasteiger partial charge in [-0.2, -0.15) is 5.26 Å². The fraction of sp³-hybridized carbons (Fsp3) is 0.556. The molecule has 9 nitrogen and oxygen atoms in total. The van der Waals surface area contributed by atoms with Gasteiger partial charge in [-0.05, 0) is 79.2 Å². The van der Waals surface area contributed by atoms with Crippen molar-refractivity contribution >= 4 is 23.5 Å². The van der Waals surface area contributed by atoms with Crippen molar-refractivity contribution in [2.45, 2.75) is 84.2 Å². The molecule has 0 unspecified atom stereocenters. The van der Waals surface area contributed by atoms with Gasteiger partial charge in [0.05, 0.1) is 6.54 Å². The summed E-state index contributed by atoms with van der Waals surface area (Å²) in [5, 5.41) is 15.9. The minimum atomic E-state index is -0.619. The molecule has 0 aromatic heterocycles. The number of carbonyl (C=O) groups excluding carboxylic acids is 2. The largest absolute Gasteiger partial charge is 0.376 e. The molecule has 0 bridgehead atoms. The predicted molar refractivity (Wildman–Crippen MR) is 179 cm³/mol. The number of hydrogen-bond acceptors (Lipinski definition) is 5. The van der Waals surface area contributed by atoms with Gasteiger partial charge >= 0.3 is 0 Å². The number of fused-ring (bicyclic) bond motifs is 1. The van der Waals surface area contributed by atoms with E-state index in [-0.39, 0.29) is 24.4 Å². The standard InChI is InChI=1S/C36H49N7O2/c1-4-28-11-10-27(22-29(28)5-2)23-33(35(45)41-17-12-26(3)13-18-41)40-36(39-25-37)42-19-15-31(16-20-42)43-21-14-30-8-6-7-9-32(30)38-24-34(43)44/h6-11,22,26,31,33,38H,4-5,12-21,23-24H2,1-3H3,(H,39,40)/t33-/m1/s1. The number of amides is 2. The zero-order chi connectivity index (χ0) is 31.8. The van der Waals surface area contributed by atoms with E-state index in [2.05, 4.69) is 66.8 Å². The Morgan fingerprint density at radius 3 is 2.42 bits per heavy atom. The van der Waals surface area contributed by atoms with Crippen molar-refractivity contribution < 1.29 is 9.59 Å². The van der Waals surface area contributed by atoms with E-state index in [9.17, 15) is 14.9 Å². The van der Waals surface area contributed by atoms with Crippen LogP contribution >= 0.6 is 0 Å². The molecule has 2 aromatic rings. The van der Waals surface area contributed by atoms with Gasteiger partial charge in [-0.1, -0.05) is 57.2 Å². The Labute approximate surface area is 268 Å². The zero-order valence-corrected chi connectivity index (χ0v) is 27.2. The molecule has 45 heavy (non-hydrogen) atoms. The van der Waals surface area contributed by atoms with Crippen LogP contribution < -0.4 is 10.6 Å². The number of piperidine rings is 2. The van der Waals surface area contributed by atoms with Crippen LogP contribution in [0.4, 0.5) is 5.69 Å². The van der Waals surface area contributed by atoms with Crippen molar-refractivity contribution in [1.82, 2.24) is 20.0 Å². The number of guanidine groups is 1. The van der Waals surface area contributed by atoms with Gasteiger partial charge in [0.25, 0.3) is 0 Å². The van der Waals surface area contributed by atoms with Gasteiger partial charge in [-0.25, -0.2) is 4.99 Å². The summed E-state index contributed by atoms with van der Waals surface area (Å²) in [7, 11) is 0. The van der Waals surface area contributed by atoms with Gasteiger partial charge < -0.3 is 20.0 Å². The summed E-state index contributed by atoms with van der Waals surface area (Å²) < 4.78 is 0. The van der Waals surface area contributed by atoms with Crippen LogP contribution in [0.25, 0.3) is 0 Å². The molecule has 2 aromatic carbocycles. The molecule has 9 heteroatoms. The number of nitrogens with zero attached hydrogens (tertiary/aromatic N) is 5. The third-order valence-corrected chi connectivity index (χ3v) is 9.88. The highest BCUT2D eigenvalue weighted by molar-refractivity contribution is 5.88. The molecule has 1 atom stereocenters. The number of benzene rings is 2. The first kappa shape index (κ1) is 32.3. The lowest BCUT2D eigenvalue weighted by Crippen LogP contribution is -2.53. The van der Waals surface area contributed by atoms with E-state index in [0.717, 1.165) is 69.3 Å². The smallest absolute Gasteiger partial charge is 0.247 e. The second-order valence-electron chi connectivity index (χ2n) is 12.8. The molecule has 3 aliphatic heterocycles. The second-order valence-corrected chi connectivity index (χ2v) is 12.8. The quantitative estimate of drug-likeness (QED) is 0.209. The highest BCUT2D eigenvalue weighted by atomic mass is 16.2.